The Morgan fingerprint density at radius 2 is 2.09 bits per heavy atom. The van der Waals surface area contributed by atoms with Crippen LogP contribution in [0.2, 0.25) is 0 Å². The molecule has 23 heavy (non-hydrogen) atoms. The number of benzene rings is 1. The van der Waals surface area contributed by atoms with Gasteiger partial charge in [0.05, 0.1) is 0 Å². The molecule has 0 radical (unpaired) electrons. The van der Waals surface area contributed by atoms with E-state index in [-0.39, 0.29) is 11.9 Å². The number of para-hydroxylation sites is 1. The third-order valence-electron chi connectivity index (χ3n) is 4.85. The van der Waals surface area contributed by atoms with Gasteiger partial charge in [-0.2, -0.15) is 0 Å². The Bertz CT molecular complexity index is 711. The molecule has 4 rings (SSSR count). The van der Waals surface area contributed by atoms with E-state index in [1.807, 2.05) is 18.3 Å². The number of carbonyl (C=O) groups is 1. The molecular weight excluding hydrogens is 290 g/mol. The van der Waals surface area contributed by atoms with E-state index >= 15 is 0 Å². The van der Waals surface area contributed by atoms with E-state index in [1.165, 1.54) is 5.56 Å². The van der Waals surface area contributed by atoms with Crippen molar-refractivity contribution in [3.63, 3.8) is 0 Å². The van der Waals surface area contributed by atoms with Gasteiger partial charge >= 0.3 is 6.03 Å². The van der Waals surface area contributed by atoms with Gasteiger partial charge in [0.25, 0.3) is 0 Å². The van der Waals surface area contributed by atoms with Gasteiger partial charge in [-0.25, -0.2) is 9.79 Å². The van der Waals surface area contributed by atoms with E-state index in [4.69, 9.17) is 4.99 Å². The van der Waals surface area contributed by atoms with Crippen LogP contribution < -0.4 is 15.5 Å². The minimum Gasteiger partial charge on any atom is -0.325 e. The molecule has 3 aliphatic rings. The van der Waals surface area contributed by atoms with Gasteiger partial charge in [-0.05, 0) is 31.0 Å². The number of anilines is 1. The second kappa shape index (κ2) is 5.38. The first-order chi connectivity index (χ1) is 11.1. The minimum atomic E-state index is -0.0866. The fourth-order valence-corrected chi connectivity index (χ4v) is 3.44. The molecule has 2 N–H and O–H groups in total. The molecule has 1 saturated heterocycles. The molecule has 6 heteroatoms. The summed E-state index contributed by atoms with van der Waals surface area (Å²) in [6.07, 6.45) is 1.97. The van der Waals surface area contributed by atoms with Gasteiger partial charge in [0, 0.05) is 24.4 Å². The molecule has 2 atom stereocenters. The maximum Gasteiger partial charge on any atom is 0.329 e. The first kappa shape index (κ1) is 14.3. The Balaban J connectivity index is 1.65. The molecule has 1 aromatic rings. The van der Waals surface area contributed by atoms with E-state index < -0.39 is 0 Å². The molecule has 0 bridgehead atoms. The molecule has 0 aromatic heterocycles. The quantitative estimate of drug-likeness (QED) is 0.876. The third kappa shape index (κ3) is 2.39. The zero-order valence-corrected chi connectivity index (χ0v) is 13.4. The van der Waals surface area contributed by atoms with Crippen molar-refractivity contribution in [1.82, 2.24) is 15.5 Å². The number of nitrogens with one attached hydrogen (secondary N) is 2. The highest BCUT2D eigenvalue weighted by Gasteiger charge is 2.36. The number of aliphatic imine (C=N–C) groups is 1. The summed E-state index contributed by atoms with van der Waals surface area (Å²) in [4.78, 5) is 20.9. The van der Waals surface area contributed by atoms with Crippen LogP contribution in [0.15, 0.2) is 41.3 Å². The molecular formula is C17H21N5O. The predicted octanol–water partition coefficient (Wildman–Crippen LogP) is 1.85. The number of aryl methyl sites for hydroxylation is 1. The predicted molar refractivity (Wildman–Crippen MR) is 89.9 cm³/mol. The van der Waals surface area contributed by atoms with Gasteiger partial charge in [0.1, 0.15) is 12.5 Å². The van der Waals surface area contributed by atoms with E-state index in [1.54, 1.807) is 4.90 Å². The molecule has 0 aliphatic carbocycles. The molecule has 120 valence electrons. The van der Waals surface area contributed by atoms with Crippen molar-refractivity contribution in [1.29, 1.82) is 0 Å². The lowest BCUT2D eigenvalue weighted by molar-refractivity contribution is 0.216. The summed E-state index contributed by atoms with van der Waals surface area (Å²) in [6.45, 7) is 6.61. The average molecular weight is 311 g/mol. The Labute approximate surface area is 135 Å². The lowest BCUT2D eigenvalue weighted by atomic mass is 9.96. The second-order valence-corrected chi connectivity index (χ2v) is 6.48. The highest BCUT2D eigenvalue weighted by Crippen LogP contribution is 2.29. The van der Waals surface area contributed by atoms with E-state index in [9.17, 15) is 4.79 Å². The monoisotopic (exact) mass is 311 g/mol. The smallest absolute Gasteiger partial charge is 0.325 e. The van der Waals surface area contributed by atoms with Gasteiger partial charge in [-0.3, -0.25) is 10.2 Å². The Morgan fingerprint density at radius 1 is 1.26 bits per heavy atom. The lowest BCUT2D eigenvalue weighted by Crippen LogP contribution is -2.49. The van der Waals surface area contributed by atoms with Crippen molar-refractivity contribution in [2.45, 2.75) is 13.8 Å². The molecule has 3 aliphatic heterocycles. The normalized spacial score (nSPS) is 26.8. The average Bonchev–Trinajstić information content (AvgIpc) is 3.14. The Hall–Kier alpha value is -2.34. The van der Waals surface area contributed by atoms with Gasteiger partial charge in [0.2, 0.25) is 0 Å². The summed E-state index contributed by atoms with van der Waals surface area (Å²) >= 11 is 0. The summed E-state index contributed by atoms with van der Waals surface area (Å²) in [5.41, 5.74) is 2.29. The van der Waals surface area contributed by atoms with Crippen molar-refractivity contribution in [3.8, 4) is 0 Å². The van der Waals surface area contributed by atoms with Crippen LogP contribution in [0.5, 0.6) is 0 Å². The number of nitrogens with zero attached hydrogens (tertiary/aromatic N) is 3. The van der Waals surface area contributed by atoms with Gasteiger partial charge in [-0.15, -0.1) is 0 Å². The Kier molecular flexibility index (Phi) is 3.34. The van der Waals surface area contributed by atoms with Crippen LogP contribution >= 0.6 is 0 Å². The zero-order chi connectivity index (χ0) is 16.0. The zero-order valence-electron chi connectivity index (χ0n) is 13.4. The maximum absolute atomic E-state index is 12.5. The number of rotatable bonds is 2. The van der Waals surface area contributed by atoms with Crippen LogP contribution in [-0.2, 0) is 0 Å². The molecule has 6 nitrogen and oxygen atoms in total. The molecule has 2 amide bonds. The van der Waals surface area contributed by atoms with Crippen molar-refractivity contribution in [2.24, 2.45) is 16.8 Å². The van der Waals surface area contributed by atoms with Crippen LogP contribution in [0.3, 0.4) is 0 Å². The van der Waals surface area contributed by atoms with E-state index in [0.29, 0.717) is 12.6 Å². The van der Waals surface area contributed by atoms with Gasteiger partial charge < -0.3 is 10.2 Å². The molecule has 1 aromatic carbocycles. The van der Waals surface area contributed by atoms with Crippen LogP contribution in [0, 0.1) is 18.8 Å². The summed E-state index contributed by atoms with van der Waals surface area (Å²) in [6, 6.07) is 8.09. The molecule has 0 saturated carbocycles. The number of urea groups is 1. The SMILES string of the molecule is Cc1ccccc1N1C=C2N=C(C3CNCC3C)NC(=O)N2C1. The summed E-state index contributed by atoms with van der Waals surface area (Å²) in [5, 5.41) is 6.34. The topological polar surface area (TPSA) is 60.0 Å². The summed E-state index contributed by atoms with van der Waals surface area (Å²) in [5.74, 6) is 2.28. The minimum absolute atomic E-state index is 0.0866. The van der Waals surface area contributed by atoms with Crippen LogP contribution in [0.4, 0.5) is 10.5 Å². The number of hydrogen-bond donors (Lipinski definition) is 2. The van der Waals surface area contributed by atoms with Crippen molar-refractivity contribution < 1.29 is 4.79 Å². The fraction of sp³-hybridized carbons (Fsp3) is 0.412. The number of amidine groups is 1. The standard InChI is InChI=1S/C17H21N5O/c1-11-5-3-4-6-14(11)21-9-15-19-16(13-8-18-7-12(13)2)20-17(23)22(15)10-21/h3-6,9,12-13,18H,7-8,10H2,1-2H3,(H,19,20,23). The highest BCUT2D eigenvalue weighted by atomic mass is 16.2. The van der Waals surface area contributed by atoms with Crippen molar-refractivity contribution in [2.75, 3.05) is 24.7 Å². The lowest BCUT2D eigenvalue weighted by Gasteiger charge is -2.28. The van der Waals surface area contributed by atoms with Gasteiger partial charge in [-0.1, -0.05) is 25.1 Å². The van der Waals surface area contributed by atoms with Crippen LogP contribution in [0.1, 0.15) is 12.5 Å². The van der Waals surface area contributed by atoms with Crippen LogP contribution in [-0.4, -0.2) is 36.5 Å². The van der Waals surface area contributed by atoms with E-state index in [0.717, 1.165) is 30.4 Å². The van der Waals surface area contributed by atoms with Crippen LogP contribution in [0.25, 0.3) is 0 Å². The molecule has 0 spiro atoms. The number of carbonyl (C=O) groups excluding carboxylic acids is 1. The number of fused-ring (bicyclic) bond motifs is 1. The Morgan fingerprint density at radius 3 is 2.83 bits per heavy atom. The first-order valence-corrected chi connectivity index (χ1v) is 8.05. The largest absolute Gasteiger partial charge is 0.329 e. The van der Waals surface area contributed by atoms with Crippen molar-refractivity contribution >= 4 is 17.6 Å². The molecule has 3 heterocycles. The molecule has 2 unspecified atom stereocenters. The second-order valence-electron chi connectivity index (χ2n) is 6.48. The number of hydrogen-bond acceptors (Lipinski definition) is 4. The maximum atomic E-state index is 12.5. The van der Waals surface area contributed by atoms with Crippen molar-refractivity contribution in [3.05, 3.63) is 41.8 Å². The third-order valence-corrected chi connectivity index (χ3v) is 4.85. The summed E-state index contributed by atoms with van der Waals surface area (Å²) in [7, 11) is 0. The first-order valence-electron chi connectivity index (χ1n) is 8.05. The highest BCUT2D eigenvalue weighted by molar-refractivity contribution is 6.02. The molecule has 1 fully saturated rings. The number of amides is 2. The summed E-state index contributed by atoms with van der Waals surface area (Å²) < 4.78 is 0. The van der Waals surface area contributed by atoms with Gasteiger partial charge in [0.15, 0.2) is 5.82 Å². The fourth-order valence-electron chi connectivity index (χ4n) is 3.44. The van der Waals surface area contributed by atoms with E-state index in [2.05, 4.69) is 41.5 Å².